The topological polar surface area (TPSA) is 40.5 Å². The number of halogens is 1. The van der Waals surface area contributed by atoms with Gasteiger partial charge in [0.1, 0.15) is 0 Å². The van der Waals surface area contributed by atoms with E-state index in [0.29, 0.717) is 12.6 Å². The first kappa shape index (κ1) is 9.55. The zero-order valence-corrected chi connectivity index (χ0v) is 7.50. The lowest BCUT2D eigenvalue weighted by molar-refractivity contribution is -0.138. The lowest BCUT2D eigenvalue weighted by atomic mass is 10.4. The summed E-state index contributed by atoms with van der Waals surface area (Å²) in [5.74, 6) is -0.773. The number of rotatable bonds is 5. The summed E-state index contributed by atoms with van der Waals surface area (Å²) >= 11 is 5.35. The second kappa shape index (κ2) is 4.48. The van der Waals surface area contributed by atoms with E-state index in [1.165, 1.54) is 5.54 Å². The molecular weight excluding hydrogens is 178 g/mol. The zero-order valence-electron chi connectivity index (χ0n) is 6.74. The number of carboxylic acid groups (broad SMARTS) is 1. The minimum Gasteiger partial charge on any atom is -0.480 e. The summed E-state index contributed by atoms with van der Waals surface area (Å²) in [4.78, 5) is 12.3. The minimum atomic E-state index is -0.773. The van der Waals surface area contributed by atoms with Crippen LogP contribution in [-0.4, -0.2) is 35.1 Å². The molecule has 0 aromatic heterocycles. The van der Waals surface area contributed by atoms with Crippen LogP contribution in [0.2, 0.25) is 0 Å². The van der Waals surface area contributed by atoms with Gasteiger partial charge in [-0.05, 0) is 12.8 Å². The molecular formula is C8H12ClNO2. The molecule has 1 aliphatic rings. The van der Waals surface area contributed by atoms with Crippen molar-refractivity contribution in [3.05, 3.63) is 11.6 Å². The van der Waals surface area contributed by atoms with Gasteiger partial charge in [0.25, 0.3) is 0 Å². The Balaban J connectivity index is 2.32. The standard InChI is InChI=1S/C8H12ClNO2/c9-4-1-5-10(6-8(11)12)7-2-3-7/h1,4,7H,2-3,5-6H2,(H,11,12). The fourth-order valence-corrected chi connectivity index (χ4v) is 1.21. The predicted molar refractivity (Wildman–Crippen MR) is 47.2 cm³/mol. The molecule has 0 saturated heterocycles. The van der Waals surface area contributed by atoms with Crippen LogP contribution in [0.15, 0.2) is 11.6 Å². The smallest absolute Gasteiger partial charge is 0.317 e. The summed E-state index contributed by atoms with van der Waals surface area (Å²) in [5.41, 5.74) is 1.43. The molecule has 1 fully saturated rings. The second-order valence-corrected chi connectivity index (χ2v) is 3.17. The Labute approximate surface area is 76.6 Å². The van der Waals surface area contributed by atoms with E-state index in [9.17, 15) is 4.79 Å². The molecule has 0 spiro atoms. The van der Waals surface area contributed by atoms with Crippen molar-refractivity contribution in [1.82, 2.24) is 4.90 Å². The van der Waals surface area contributed by atoms with Gasteiger partial charge in [0, 0.05) is 18.1 Å². The molecule has 0 heterocycles. The Hall–Kier alpha value is -0.540. The van der Waals surface area contributed by atoms with E-state index in [-0.39, 0.29) is 6.54 Å². The van der Waals surface area contributed by atoms with Crippen LogP contribution in [0.4, 0.5) is 0 Å². The number of carbonyl (C=O) groups is 1. The number of nitrogens with zero attached hydrogens (tertiary/aromatic N) is 1. The third-order valence-electron chi connectivity index (χ3n) is 1.83. The summed E-state index contributed by atoms with van der Waals surface area (Å²) in [6.07, 6.45) is 4.00. The SMILES string of the molecule is O=C(O)CN(CC=CCl)C1CC1. The maximum atomic E-state index is 10.4. The highest BCUT2D eigenvalue weighted by Gasteiger charge is 2.29. The highest BCUT2D eigenvalue weighted by atomic mass is 35.5. The zero-order chi connectivity index (χ0) is 8.97. The Morgan fingerprint density at radius 3 is 2.75 bits per heavy atom. The van der Waals surface area contributed by atoms with E-state index < -0.39 is 5.97 Å². The molecule has 1 rings (SSSR count). The van der Waals surface area contributed by atoms with E-state index >= 15 is 0 Å². The molecule has 1 saturated carbocycles. The number of hydrogen-bond donors (Lipinski definition) is 1. The van der Waals surface area contributed by atoms with Crippen LogP contribution < -0.4 is 0 Å². The Bertz CT molecular complexity index is 189. The Morgan fingerprint density at radius 2 is 2.33 bits per heavy atom. The van der Waals surface area contributed by atoms with Crippen LogP contribution in [-0.2, 0) is 4.79 Å². The first-order valence-electron chi connectivity index (χ1n) is 3.95. The number of carboxylic acids is 1. The van der Waals surface area contributed by atoms with Gasteiger partial charge >= 0.3 is 5.97 Å². The van der Waals surface area contributed by atoms with Gasteiger partial charge in [-0.2, -0.15) is 0 Å². The van der Waals surface area contributed by atoms with Gasteiger partial charge in [0.05, 0.1) is 6.54 Å². The third-order valence-corrected chi connectivity index (χ3v) is 2.01. The van der Waals surface area contributed by atoms with Gasteiger partial charge in [-0.15, -0.1) is 0 Å². The molecule has 1 aliphatic carbocycles. The molecule has 0 amide bonds. The van der Waals surface area contributed by atoms with Gasteiger partial charge in [-0.1, -0.05) is 17.7 Å². The fourth-order valence-electron chi connectivity index (χ4n) is 1.13. The maximum absolute atomic E-state index is 10.4. The van der Waals surface area contributed by atoms with Crippen molar-refractivity contribution in [1.29, 1.82) is 0 Å². The molecule has 12 heavy (non-hydrogen) atoms. The van der Waals surface area contributed by atoms with E-state index in [4.69, 9.17) is 16.7 Å². The van der Waals surface area contributed by atoms with Crippen molar-refractivity contribution in [3.8, 4) is 0 Å². The monoisotopic (exact) mass is 189 g/mol. The first-order chi connectivity index (χ1) is 5.74. The molecule has 4 heteroatoms. The molecule has 0 radical (unpaired) electrons. The van der Waals surface area contributed by atoms with Crippen molar-refractivity contribution in [2.45, 2.75) is 18.9 Å². The second-order valence-electron chi connectivity index (χ2n) is 2.92. The van der Waals surface area contributed by atoms with Crippen molar-refractivity contribution in [3.63, 3.8) is 0 Å². The van der Waals surface area contributed by atoms with Gasteiger partial charge in [0.2, 0.25) is 0 Å². The summed E-state index contributed by atoms with van der Waals surface area (Å²) in [7, 11) is 0. The molecule has 0 atom stereocenters. The van der Waals surface area contributed by atoms with Crippen LogP contribution in [0, 0.1) is 0 Å². The number of hydrogen-bond acceptors (Lipinski definition) is 2. The van der Waals surface area contributed by atoms with Crippen molar-refractivity contribution < 1.29 is 9.90 Å². The molecule has 0 aliphatic heterocycles. The quantitative estimate of drug-likeness (QED) is 0.709. The average Bonchev–Trinajstić information content (AvgIpc) is 2.79. The van der Waals surface area contributed by atoms with E-state index in [1.807, 2.05) is 4.90 Å². The van der Waals surface area contributed by atoms with E-state index in [0.717, 1.165) is 12.8 Å². The summed E-state index contributed by atoms with van der Waals surface area (Å²) in [5, 5.41) is 8.56. The molecule has 0 aromatic carbocycles. The molecule has 0 aromatic rings. The normalized spacial score (nSPS) is 17.5. The van der Waals surface area contributed by atoms with Crippen LogP contribution in [0.1, 0.15) is 12.8 Å². The first-order valence-corrected chi connectivity index (χ1v) is 4.38. The van der Waals surface area contributed by atoms with Crippen molar-refractivity contribution >= 4 is 17.6 Å². The average molecular weight is 190 g/mol. The van der Waals surface area contributed by atoms with Crippen LogP contribution in [0.5, 0.6) is 0 Å². The largest absolute Gasteiger partial charge is 0.480 e. The summed E-state index contributed by atoms with van der Waals surface area (Å²) < 4.78 is 0. The molecule has 3 nitrogen and oxygen atoms in total. The minimum absolute atomic E-state index is 0.117. The van der Waals surface area contributed by atoms with Gasteiger partial charge in [-0.25, -0.2) is 0 Å². The maximum Gasteiger partial charge on any atom is 0.317 e. The molecule has 0 bridgehead atoms. The lowest BCUT2D eigenvalue weighted by Gasteiger charge is -2.16. The van der Waals surface area contributed by atoms with Crippen LogP contribution >= 0.6 is 11.6 Å². The van der Waals surface area contributed by atoms with Gasteiger partial charge in [0.15, 0.2) is 0 Å². The van der Waals surface area contributed by atoms with Crippen molar-refractivity contribution in [2.75, 3.05) is 13.1 Å². The van der Waals surface area contributed by atoms with Crippen molar-refractivity contribution in [2.24, 2.45) is 0 Å². The lowest BCUT2D eigenvalue weighted by Crippen LogP contribution is -2.31. The van der Waals surface area contributed by atoms with E-state index in [2.05, 4.69) is 0 Å². The Morgan fingerprint density at radius 1 is 1.67 bits per heavy atom. The van der Waals surface area contributed by atoms with Crippen LogP contribution in [0.3, 0.4) is 0 Å². The summed E-state index contributed by atoms with van der Waals surface area (Å²) in [6.45, 7) is 0.756. The van der Waals surface area contributed by atoms with Gasteiger partial charge in [-0.3, -0.25) is 9.69 Å². The van der Waals surface area contributed by atoms with Gasteiger partial charge < -0.3 is 5.11 Å². The highest BCUT2D eigenvalue weighted by Crippen LogP contribution is 2.26. The van der Waals surface area contributed by atoms with Crippen LogP contribution in [0.25, 0.3) is 0 Å². The summed E-state index contributed by atoms with van der Waals surface area (Å²) in [6, 6.07) is 0.467. The highest BCUT2D eigenvalue weighted by molar-refractivity contribution is 6.25. The predicted octanol–water partition coefficient (Wildman–Crippen LogP) is 1.29. The Kier molecular flexibility index (Phi) is 3.56. The fraction of sp³-hybridized carbons (Fsp3) is 0.625. The molecule has 0 unspecified atom stereocenters. The number of aliphatic carboxylic acids is 1. The molecule has 68 valence electrons. The molecule has 1 N–H and O–H groups in total. The third kappa shape index (κ3) is 3.24. The van der Waals surface area contributed by atoms with E-state index in [1.54, 1.807) is 6.08 Å².